The van der Waals surface area contributed by atoms with E-state index in [1.807, 2.05) is 36.4 Å². The van der Waals surface area contributed by atoms with E-state index in [0.29, 0.717) is 6.42 Å². The van der Waals surface area contributed by atoms with Gasteiger partial charge in [-0.15, -0.1) is 0 Å². The monoisotopic (exact) mass is 390 g/mol. The molecule has 0 bridgehead atoms. The topological polar surface area (TPSA) is 44.9 Å². The summed E-state index contributed by atoms with van der Waals surface area (Å²) in [6, 6.07) is 20.3. The Bertz CT molecular complexity index is 1130. The average Bonchev–Trinajstić information content (AvgIpc) is 3.07. The highest BCUT2D eigenvalue weighted by molar-refractivity contribution is 6.30. The van der Waals surface area contributed by atoms with Gasteiger partial charge in [-0.1, -0.05) is 54.9 Å². The highest BCUT2D eigenvalue weighted by Gasteiger charge is 2.09. The normalized spacial score (nSPS) is 11.2. The maximum Gasteiger partial charge on any atom is 0.224 e. The Kier molecular flexibility index (Phi) is 5.36. The number of para-hydroxylation sites is 1. The summed E-state index contributed by atoms with van der Waals surface area (Å²) in [7, 11) is 0. The van der Waals surface area contributed by atoms with E-state index in [4.69, 9.17) is 11.6 Å². The lowest BCUT2D eigenvalue weighted by molar-refractivity contribution is -0.116. The van der Waals surface area contributed by atoms with Crippen molar-refractivity contribution in [2.45, 2.75) is 32.6 Å². The number of H-pyrrole nitrogens is 1. The lowest BCUT2D eigenvalue weighted by atomic mass is 10.1. The number of rotatable bonds is 6. The number of nitrogens with one attached hydrogen (secondary N) is 2. The molecule has 0 radical (unpaired) electrons. The van der Waals surface area contributed by atoms with Gasteiger partial charge in [-0.3, -0.25) is 4.79 Å². The standard InChI is InChI=1S/C24H23ClN2O/c1-2-17-6-4-7-21-20-14-13-19(15-22(20)27-24(17)21)26-23(28)8-3-5-16-9-11-18(25)12-10-16/h4,6-7,9-15,27H,2-3,5,8H2,1H3,(H,26,28). The Hall–Kier alpha value is -2.78. The summed E-state index contributed by atoms with van der Waals surface area (Å²) in [5.74, 6) is 0.0404. The molecule has 0 saturated heterocycles. The van der Waals surface area contributed by atoms with Gasteiger partial charge in [-0.2, -0.15) is 0 Å². The van der Waals surface area contributed by atoms with Crippen molar-refractivity contribution in [3.8, 4) is 0 Å². The molecule has 142 valence electrons. The van der Waals surface area contributed by atoms with Crippen LogP contribution in [0.1, 0.15) is 30.9 Å². The van der Waals surface area contributed by atoms with Gasteiger partial charge < -0.3 is 10.3 Å². The number of aromatic amines is 1. The summed E-state index contributed by atoms with van der Waals surface area (Å²) in [5, 5.41) is 6.18. The molecule has 0 saturated carbocycles. The van der Waals surface area contributed by atoms with Gasteiger partial charge in [0, 0.05) is 38.9 Å². The van der Waals surface area contributed by atoms with Crippen molar-refractivity contribution in [3.05, 3.63) is 76.8 Å². The minimum absolute atomic E-state index is 0.0404. The molecule has 0 unspecified atom stereocenters. The SMILES string of the molecule is CCc1cccc2c1[nH]c1cc(NC(=O)CCCc3ccc(Cl)cc3)ccc12. The first-order valence-corrected chi connectivity index (χ1v) is 10.1. The minimum Gasteiger partial charge on any atom is -0.354 e. The summed E-state index contributed by atoms with van der Waals surface area (Å²) in [5.41, 5.74) is 5.57. The van der Waals surface area contributed by atoms with Crippen LogP contribution in [0.15, 0.2) is 60.7 Å². The summed E-state index contributed by atoms with van der Waals surface area (Å²) in [6.07, 6.45) is 3.15. The molecule has 1 amide bonds. The van der Waals surface area contributed by atoms with E-state index in [0.717, 1.165) is 35.5 Å². The summed E-state index contributed by atoms with van der Waals surface area (Å²) in [6.45, 7) is 2.16. The zero-order valence-corrected chi connectivity index (χ0v) is 16.6. The third kappa shape index (κ3) is 3.90. The number of amides is 1. The second kappa shape index (κ2) is 8.07. The summed E-state index contributed by atoms with van der Waals surface area (Å²) in [4.78, 5) is 15.8. The number of fused-ring (bicyclic) bond motifs is 3. The van der Waals surface area contributed by atoms with Gasteiger partial charge in [0.05, 0.1) is 0 Å². The first-order chi connectivity index (χ1) is 13.6. The molecule has 0 atom stereocenters. The third-order valence-corrected chi connectivity index (χ3v) is 5.42. The Balaban J connectivity index is 1.43. The molecule has 0 spiro atoms. The number of hydrogen-bond acceptors (Lipinski definition) is 1. The van der Waals surface area contributed by atoms with E-state index in [-0.39, 0.29) is 5.91 Å². The third-order valence-electron chi connectivity index (χ3n) is 5.17. The molecule has 4 aromatic rings. The molecule has 1 heterocycles. The van der Waals surface area contributed by atoms with E-state index in [2.05, 4.69) is 41.5 Å². The minimum atomic E-state index is 0.0404. The Morgan fingerprint density at radius 2 is 1.86 bits per heavy atom. The number of carbonyl (C=O) groups is 1. The van der Waals surface area contributed by atoms with Crippen LogP contribution in [0.5, 0.6) is 0 Å². The van der Waals surface area contributed by atoms with Crippen LogP contribution in [0.3, 0.4) is 0 Å². The number of carbonyl (C=O) groups excluding carboxylic acids is 1. The van der Waals surface area contributed by atoms with Crippen molar-refractivity contribution < 1.29 is 4.79 Å². The van der Waals surface area contributed by atoms with Gasteiger partial charge in [0.2, 0.25) is 5.91 Å². The molecule has 3 nitrogen and oxygen atoms in total. The quantitative estimate of drug-likeness (QED) is 0.388. The van der Waals surface area contributed by atoms with Crippen LogP contribution in [0.2, 0.25) is 5.02 Å². The van der Waals surface area contributed by atoms with Crippen molar-refractivity contribution in [2.75, 3.05) is 5.32 Å². The number of hydrogen-bond donors (Lipinski definition) is 2. The largest absolute Gasteiger partial charge is 0.354 e. The molecule has 4 rings (SSSR count). The fourth-order valence-electron chi connectivity index (χ4n) is 3.69. The molecular formula is C24H23ClN2O. The molecule has 28 heavy (non-hydrogen) atoms. The van der Waals surface area contributed by atoms with Gasteiger partial charge in [0.1, 0.15) is 0 Å². The smallest absolute Gasteiger partial charge is 0.224 e. The Morgan fingerprint density at radius 1 is 1.04 bits per heavy atom. The van der Waals surface area contributed by atoms with Crippen molar-refractivity contribution in [1.29, 1.82) is 0 Å². The van der Waals surface area contributed by atoms with Gasteiger partial charge in [0.25, 0.3) is 0 Å². The van der Waals surface area contributed by atoms with Crippen LogP contribution in [0, 0.1) is 0 Å². The number of aromatic nitrogens is 1. The van der Waals surface area contributed by atoms with Crippen molar-refractivity contribution in [3.63, 3.8) is 0 Å². The van der Waals surface area contributed by atoms with E-state index in [1.54, 1.807) is 0 Å². The van der Waals surface area contributed by atoms with Gasteiger partial charge in [0.15, 0.2) is 0 Å². The fourth-order valence-corrected chi connectivity index (χ4v) is 3.82. The zero-order valence-electron chi connectivity index (χ0n) is 15.9. The first kappa shape index (κ1) is 18.6. The van der Waals surface area contributed by atoms with Gasteiger partial charge in [-0.25, -0.2) is 0 Å². The molecule has 0 aliphatic rings. The molecule has 2 N–H and O–H groups in total. The van der Waals surface area contributed by atoms with E-state index in [1.165, 1.54) is 27.4 Å². The van der Waals surface area contributed by atoms with Crippen molar-refractivity contribution >= 4 is 45.0 Å². The van der Waals surface area contributed by atoms with Crippen LogP contribution in [0.4, 0.5) is 5.69 Å². The molecule has 0 aliphatic carbocycles. The van der Waals surface area contributed by atoms with Crippen LogP contribution in [-0.2, 0) is 17.6 Å². The number of benzene rings is 3. The maximum absolute atomic E-state index is 12.3. The molecule has 0 fully saturated rings. The van der Waals surface area contributed by atoms with E-state index in [9.17, 15) is 4.79 Å². The highest BCUT2D eigenvalue weighted by atomic mass is 35.5. The molecule has 1 aromatic heterocycles. The van der Waals surface area contributed by atoms with E-state index >= 15 is 0 Å². The summed E-state index contributed by atoms with van der Waals surface area (Å²) >= 11 is 5.90. The van der Waals surface area contributed by atoms with Crippen molar-refractivity contribution in [2.24, 2.45) is 0 Å². The molecule has 4 heteroatoms. The lowest BCUT2D eigenvalue weighted by Gasteiger charge is -2.06. The van der Waals surface area contributed by atoms with Crippen LogP contribution in [0.25, 0.3) is 21.8 Å². The summed E-state index contributed by atoms with van der Waals surface area (Å²) < 4.78 is 0. The van der Waals surface area contributed by atoms with Gasteiger partial charge >= 0.3 is 0 Å². The molecule has 3 aromatic carbocycles. The zero-order chi connectivity index (χ0) is 19.5. The Labute approximate surface area is 169 Å². The Morgan fingerprint density at radius 3 is 2.64 bits per heavy atom. The second-order valence-electron chi connectivity index (χ2n) is 7.11. The van der Waals surface area contributed by atoms with E-state index < -0.39 is 0 Å². The second-order valence-corrected chi connectivity index (χ2v) is 7.54. The predicted molar refractivity (Wildman–Crippen MR) is 118 cm³/mol. The molecular weight excluding hydrogens is 368 g/mol. The van der Waals surface area contributed by atoms with Crippen LogP contribution in [-0.4, -0.2) is 10.9 Å². The first-order valence-electron chi connectivity index (χ1n) is 9.71. The van der Waals surface area contributed by atoms with Crippen LogP contribution >= 0.6 is 11.6 Å². The fraction of sp³-hybridized carbons (Fsp3) is 0.208. The highest BCUT2D eigenvalue weighted by Crippen LogP contribution is 2.29. The predicted octanol–water partition coefficient (Wildman–Crippen LogP) is 6.50. The van der Waals surface area contributed by atoms with Crippen LogP contribution < -0.4 is 5.32 Å². The maximum atomic E-state index is 12.3. The number of halogens is 1. The van der Waals surface area contributed by atoms with Crippen molar-refractivity contribution in [1.82, 2.24) is 4.98 Å². The lowest BCUT2D eigenvalue weighted by Crippen LogP contribution is -2.11. The van der Waals surface area contributed by atoms with Gasteiger partial charge in [-0.05, 0) is 54.7 Å². The number of anilines is 1. The number of aryl methyl sites for hydroxylation is 2. The molecule has 0 aliphatic heterocycles. The average molecular weight is 391 g/mol.